The average molecular weight is 186 g/mol. The summed E-state index contributed by atoms with van der Waals surface area (Å²) in [6.07, 6.45) is 2.62. The van der Waals surface area contributed by atoms with Gasteiger partial charge >= 0.3 is 5.97 Å². The summed E-state index contributed by atoms with van der Waals surface area (Å²) in [6, 6.07) is 0. The van der Waals surface area contributed by atoms with Crippen LogP contribution in [0.1, 0.15) is 39.5 Å². The van der Waals surface area contributed by atoms with Crippen molar-refractivity contribution in [1.82, 2.24) is 0 Å². The van der Waals surface area contributed by atoms with Crippen LogP contribution in [0.5, 0.6) is 0 Å². The van der Waals surface area contributed by atoms with Gasteiger partial charge in [-0.2, -0.15) is 0 Å². The number of rotatable bonds is 3. The molecule has 2 atom stereocenters. The second kappa shape index (κ2) is 4.09. The van der Waals surface area contributed by atoms with Gasteiger partial charge in [-0.3, -0.25) is 4.79 Å². The van der Waals surface area contributed by atoms with E-state index < -0.39 is 5.60 Å². The van der Waals surface area contributed by atoms with Gasteiger partial charge in [-0.25, -0.2) is 0 Å². The summed E-state index contributed by atoms with van der Waals surface area (Å²) < 4.78 is 4.81. The van der Waals surface area contributed by atoms with E-state index in [1.807, 2.05) is 0 Å². The summed E-state index contributed by atoms with van der Waals surface area (Å²) in [5.41, 5.74) is -0.786. The first-order valence-electron chi connectivity index (χ1n) is 4.94. The van der Waals surface area contributed by atoms with Crippen LogP contribution in [-0.2, 0) is 9.53 Å². The Hall–Kier alpha value is -0.570. The molecule has 0 amide bonds. The maximum Gasteiger partial charge on any atom is 0.308 e. The zero-order valence-corrected chi connectivity index (χ0v) is 8.38. The van der Waals surface area contributed by atoms with Crippen molar-refractivity contribution in [3.8, 4) is 0 Å². The van der Waals surface area contributed by atoms with Crippen molar-refractivity contribution in [1.29, 1.82) is 0 Å². The Morgan fingerprint density at radius 1 is 1.69 bits per heavy atom. The fourth-order valence-corrected chi connectivity index (χ4v) is 2.01. The van der Waals surface area contributed by atoms with E-state index in [1.165, 1.54) is 0 Å². The van der Waals surface area contributed by atoms with Crippen molar-refractivity contribution in [2.24, 2.45) is 5.92 Å². The number of hydrogen-bond acceptors (Lipinski definition) is 3. The van der Waals surface area contributed by atoms with Gasteiger partial charge in [0.15, 0.2) is 0 Å². The Balaban J connectivity index is 2.39. The summed E-state index contributed by atoms with van der Waals surface area (Å²) in [5.74, 6) is 0.249. The van der Waals surface area contributed by atoms with Gasteiger partial charge < -0.3 is 9.84 Å². The van der Waals surface area contributed by atoms with Crippen LogP contribution in [0.2, 0.25) is 0 Å². The normalized spacial score (nSPS) is 33.3. The lowest BCUT2D eigenvalue weighted by atomic mass is 9.97. The van der Waals surface area contributed by atoms with Gasteiger partial charge in [0.25, 0.3) is 0 Å². The van der Waals surface area contributed by atoms with E-state index in [9.17, 15) is 9.90 Å². The van der Waals surface area contributed by atoms with Gasteiger partial charge in [-0.15, -0.1) is 0 Å². The van der Waals surface area contributed by atoms with Crippen LogP contribution >= 0.6 is 0 Å². The number of carbonyl (C=O) groups excluding carboxylic acids is 1. The highest BCUT2D eigenvalue weighted by Gasteiger charge is 2.37. The minimum atomic E-state index is -0.786. The molecule has 1 saturated carbocycles. The molecule has 1 aliphatic rings. The Kier molecular flexibility index (Phi) is 3.31. The van der Waals surface area contributed by atoms with E-state index in [0.717, 1.165) is 19.3 Å². The molecule has 0 aromatic heterocycles. The van der Waals surface area contributed by atoms with E-state index in [4.69, 9.17) is 4.74 Å². The maximum absolute atomic E-state index is 11.1. The second-order valence-corrected chi connectivity index (χ2v) is 4.05. The molecular weight excluding hydrogens is 168 g/mol. The third-order valence-corrected chi connectivity index (χ3v) is 2.61. The SMILES string of the molecule is CCOC(=O)CC1(O)CCC(C)C1. The van der Waals surface area contributed by atoms with Gasteiger partial charge in [-0.1, -0.05) is 6.92 Å². The van der Waals surface area contributed by atoms with Crippen LogP contribution in [0.4, 0.5) is 0 Å². The third kappa shape index (κ3) is 2.99. The average Bonchev–Trinajstić information content (AvgIpc) is 2.30. The molecule has 76 valence electrons. The molecule has 3 heteroatoms. The minimum absolute atomic E-state index is 0.158. The Labute approximate surface area is 79.1 Å². The molecule has 13 heavy (non-hydrogen) atoms. The second-order valence-electron chi connectivity index (χ2n) is 4.05. The largest absolute Gasteiger partial charge is 0.466 e. The fourth-order valence-electron chi connectivity index (χ4n) is 2.01. The van der Waals surface area contributed by atoms with Crippen LogP contribution < -0.4 is 0 Å². The standard InChI is InChI=1S/C10H18O3/c1-3-13-9(11)7-10(12)5-4-8(2)6-10/h8,12H,3-7H2,1-2H3. The zero-order chi connectivity index (χ0) is 9.90. The van der Waals surface area contributed by atoms with Crippen LogP contribution in [0.3, 0.4) is 0 Å². The molecule has 1 fully saturated rings. The Bertz CT molecular complexity index is 191. The molecule has 0 radical (unpaired) electrons. The van der Waals surface area contributed by atoms with E-state index in [-0.39, 0.29) is 12.4 Å². The van der Waals surface area contributed by atoms with Crippen molar-refractivity contribution in [3.05, 3.63) is 0 Å². The van der Waals surface area contributed by atoms with Gasteiger partial charge in [0.2, 0.25) is 0 Å². The number of hydrogen-bond donors (Lipinski definition) is 1. The lowest BCUT2D eigenvalue weighted by Gasteiger charge is -2.20. The molecule has 1 rings (SSSR count). The lowest BCUT2D eigenvalue weighted by Crippen LogP contribution is -2.29. The molecule has 0 heterocycles. The number of aliphatic hydroxyl groups is 1. The third-order valence-electron chi connectivity index (χ3n) is 2.61. The van der Waals surface area contributed by atoms with Crippen LogP contribution in [-0.4, -0.2) is 23.3 Å². The van der Waals surface area contributed by atoms with E-state index in [2.05, 4.69) is 6.92 Å². The van der Waals surface area contributed by atoms with Crippen LogP contribution in [0.25, 0.3) is 0 Å². The molecule has 0 aliphatic heterocycles. The predicted molar refractivity (Wildman–Crippen MR) is 49.2 cm³/mol. The molecule has 1 N–H and O–H groups in total. The van der Waals surface area contributed by atoms with Crippen molar-refractivity contribution in [3.63, 3.8) is 0 Å². The van der Waals surface area contributed by atoms with Crippen molar-refractivity contribution in [2.45, 2.75) is 45.1 Å². The molecule has 3 nitrogen and oxygen atoms in total. The molecule has 0 saturated heterocycles. The predicted octanol–water partition coefficient (Wildman–Crippen LogP) is 1.49. The first-order valence-corrected chi connectivity index (χ1v) is 4.94. The summed E-state index contributed by atoms with van der Waals surface area (Å²) in [6.45, 7) is 4.27. The zero-order valence-electron chi connectivity index (χ0n) is 8.38. The van der Waals surface area contributed by atoms with Gasteiger partial charge in [0, 0.05) is 0 Å². The highest BCUT2D eigenvalue weighted by Crippen LogP contribution is 2.36. The quantitative estimate of drug-likeness (QED) is 0.679. The Morgan fingerprint density at radius 2 is 2.38 bits per heavy atom. The van der Waals surface area contributed by atoms with Crippen molar-refractivity contribution >= 4 is 5.97 Å². The van der Waals surface area contributed by atoms with Crippen molar-refractivity contribution in [2.75, 3.05) is 6.61 Å². The molecular formula is C10H18O3. The monoisotopic (exact) mass is 186 g/mol. The summed E-state index contributed by atoms with van der Waals surface area (Å²) >= 11 is 0. The molecule has 1 aliphatic carbocycles. The van der Waals surface area contributed by atoms with Crippen LogP contribution in [0.15, 0.2) is 0 Å². The van der Waals surface area contributed by atoms with E-state index in [0.29, 0.717) is 12.5 Å². The summed E-state index contributed by atoms with van der Waals surface area (Å²) in [4.78, 5) is 11.1. The molecule has 0 aromatic rings. The summed E-state index contributed by atoms with van der Waals surface area (Å²) in [5, 5.41) is 9.96. The number of carbonyl (C=O) groups is 1. The lowest BCUT2D eigenvalue weighted by molar-refractivity contribution is -0.148. The fraction of sp³-hybridized carbons (Fsp3) is 0.900. The Morgan fingerprint density at radius 3 is 2.85 bits per heavy atom. The topological polar surface area (TPSA) is 46.5 Å². The summed E-state index contributed by atoms with van der Waals surface area (Å²) in [7, 11) is 0. The first kappa shape index (κ1) is 10.5. The highest BCUT2D eigenvalue weighted by molar-refractivity contribution is 5.70. The highest BCUT2D eigenvalue weighted by atomic mass is 16.5. The first-order chi connectivity index (χ1) is 6.06. The molecule has 0 bridgehead atoms. The van der Waals surface area contributed by atoms with E-state index in [1.54, 1.807) is 6.92 Å². The van der Waals surface area contributed by atoms with Gasteiger partial charge in [0.1, 0.15) is 0 Å². The van der Waals surface area contributed by atoms with Gasteiger partial charge in [-0.05, 0) is 32.1 Å². The van der Waals surface area contributed by atoms with Gasteiger partial charge in [0.05, 0.1) is 18.6 Å². The van der Waals surface area contributed by atoms with E-state index >= 15 is 0 Å². The van der Waals surface area contributed by atoms with Crippen LogP contribution in [0, 0.1) is 5.92 Å². The minimum Gasteiger partial charge on any atom is -0.466 e. The van der Waals surface area contributed by atoms with Crippen molar-refractivity contribution < 1.29 is 14.6 Å². The molecule has 0 aromatic carbocycles. The maximum atomic E-state index is 11.1. The molecule has 2 unspecified atom stereocenters. The molecule has 0 spiro atoms. The number of esters is 1. The number of ether oxygens (including phenoxy) is 1. The smallest absolute Gasteiger partial charge is 0.308 e.